The molecule has 0 bridgehead atoms. The fourth-order valence-electron chi connectivity index (χ4n) is 3.98. The van der Waals surface area contributed by atoms with E-state index in [4.69, 9.17) is 0 Å². The molecule has 27 heavy (non-hydrogen) atoms. The fraction of sp³-hybridized carbons (Fsp3) is 0.565. The smallest absolute Gasteiger partial charge is 0.247 e. The van der Waals surface area contributed by atoms with Gasteiger partial charge in [-0.3, -0.25) is 9.59 Å². The number of carbonyl (C=O) groups is 2. The van der Waals surface area contributed by atoms with Crippen LogP contribution < -0.4 is 5.32 Å². The molecule has 146 valence electrons. The first-order valence-electron chi connectivity index (χ1n) is 10.0. The van der Waals surface area contributed by atoms with Gasteiger partial charge in [0.25, 0.3) is 0 Å². The number of carbonyl (C=O) groups excluding carboxylic acids is 2. The maximum Gasteiger partial charge on any atom is 0.247 e. The van der Waals surface area contributed by atoms with Crippen molar-refractivity contribution in [2.24, 2.45) is 17.3 Å². The number of allylic oxidation sites excluding steroid dienone is 1. The zero-order valence-electron chi connectivity index (χ0n) is 17.2. The topological polar surface area (TPSA) is 49.4 Å². The van der Waals surface area contributed by atoms with Gasteiger partial charge < -0.3 is 10.2 Å². The van der Waals surface area contributed by atoms with E-state index in [1.165, 1.54) is 5.56 Å². The van der Waals surface area contributed by atoms with Crippen LogP contribution in [0.3, 0.4) is 0 Å². The van der Waals surface area contributed by atoms with Crippen molar-refractivity contribution in [3.63, 3.8) is 0 Å². The minimum atomic E-state index is -0.369. The van der Waals surface area contributed by atoms with Crippen molar-refractivity contribution in [1.29, 1.82) is 0 Å². The van der Waals surface area contributed by atoms with Crippen LogP contribution in [0, 0.1) is 17.3 Å². The number of nitrogens with one attached hydrogen (secondary N) is 1. The highest BCUT2D eigenvalue weighted by Crippen LogP contribution is 2.49. The van der Waals surface area contributed by atoms with Crippen molar-refractivity contribution in [2.45, 2.75) is 59.4 Å². The third-order valence-electron chi connectivity index (χ3n) is 5.22. The van der Waals surface area contributed by atoms with Crippen LogP contribution in [-0.4, -0.2) is 29.3 Å². The highest BCUT2D eigenvalue weighted by atomic mass is 16.2. The van der Waals surface area contributed by atoms with E-state index in [0.717, 1.165) is 12.1 Å². The van der Waals surface area contributed by atoms with E-state index in [2.05, 4.69) is 58.1 Å². The van der Waals surface area contributed by atoms with Gasteiger partial charge in [-0.2, -0.15) is 0 Å². The Bertz CT molecular complexity index is 730. The van der Waals surface area contributed by atoms with E-state index in [9.17, 15) is 9.59 Å². The molecule has 1 aromatic rings. The van der Waals surface area contributed by atoms with Gasteiger partial charge in [-0.15, -0.1) is 0 Å². The summed E-state index contributed by atoms with van der Waals surface area (Å²) in [7, 11) is 0. The van der Waals surface area contributed by atoms with Crippen molar-refractivity contribution in [3.05, 3.63) is 47.7 Å². The van der Waals surface area contributed by atoms with Crippen LogP contribution in [0.1, 0.15) is 58.9 Å². The highest BCUT2D eigenvalue weighted by molar-refractivity contribution is 5.92. The summed E-state index contributed by atoms with van der Waals surface area (Å²) in [5.41, 5.74) is 2.02. The van der Waals surface area contributed by atoms with Crippen molar-refractivity contribution in [3.8, 4) is 0 Å². The zero-order valence-corrected chi connectivity index (χ0v) is 17.2. The van der Waals surface area contributed by atoms with Crippen molar-refractivity contribution in [2.75, 3.05) is 6.54 Å². The van der Waals surface area contributed by atoms with Crippen LogP contribution in [0.15, 0.2) is 42.1 Å². The Kier molecular flexibility index (Phi) is 5.45. The molecule has 1 saturated heterocycles. The summed E-state index contributed by atoms with van der Waals surface area (Å²) in [4.78, 5) is 27.9. The molecule has 1 aromatic carbocycles. The number of hydrogen-bond acceptors (Lipinski definition) is 2. The van der Waals surface area contributed by atoms with Crippen molar-refractivity contribution in [1.82, 2.24) is 10.2 Å². The standard InChI is InChI=1S/C23H32N2O2/c1-15(2)11-20-21(26)24-17(13-23(3,4)5)14-25(20)22(27)19-12-18(19)16-9-7-6-8-10-16/h6-10,13,15,18-20H,11-12,14H2,1-5H3,(H,24,26)/b17-13+/t18-,19+,20-/m0/s1. The Labute approximate surface area is 163 Å². The predicted molar refractivity (Wildman–Crippen MR) is 108 cm³/mol. The van der Waals surface area contributed by atoms with E-state index in [-0.39, 0.29) is 29.2 Å². The third-order valence-corrected chi connectivity index (χ3v) is 5.22. The van der Waals surface area contributed by atoms with Crippen LogP contribution >= 0.6 is 0 Å². The third kappa shape index (κ3) is 4.79. The van der Waals surface area contributed by atoms with E-state index >= 15 is 0 Å². The maximum absolute atomic E-state index is 13.3. The number of piperazine rings is 1. The van der Waals surface area contributed by atoms with E-state index < -0.39 is 0 Å². The molecule has 4 heteroatoms. The summed E-state index contributed by atoms with van der Waals surface area (Å²) in [5, 5.41) is 3.04. The molecule has 3 atom stereocenters. The molecule has 0 aromatic heterocycles. The molecule has 1 heterocycles. The first-order chi connectivity index (χ1) is 12.7. The van der Waals surface area contributed by atoms with Gasteiger partial charge in [0.05, 0.1) is 6.54 Å². The van der Waals surface area contributed by atoms with Gasteiger partial charge in [-0.25, -0.2) is 0 Å². The van der Waals surface area contributed by atoms with Crippen molar-refractivity contribution >= 4 is 11.8 Å². The molecule has 0 radical (unpaired) electrons. The van der Waals surface area contributed by atoms with E-state index in [0.29, 0.717) is 24.8 Å². The number of amides is 2. The van der Waals surface area contributed by atoms with Gasteiger partial charge >= 0.3 is 0 Å². The number of benzene rings is 1. The second-order valence-electron chi connectivity index (χ2n) is 9.50. The van der Waals surface area contributed by atoms with Crippen LogP contribution in [0.4, 0.5) is 0 Å². The lowest BCUT2D eigenvalue weighted by atomic mass is 9.93. The molecule has 3 rings (SSSR count). The lowest BCUT2D eigenvalue weighted by molar-refractivity contribution is -0.143. The number of nitrogens with zero attached hydrogens (tertiary/aromatic N) is 1. The molecule has 2 aliphatic rings. The Morgan fingerprint density at radius 1 is 1.26 bits per heavy atom. The summed E-state index contributed by atoms with van der Waals surface area (Å²) >= 11 is 0. The minimum Gasteiger partial charge on any atom is -0.326 e. The highest BCUT2D eigenvalue weighted by Gasteiger charge is 2.48. The van der Waals surface area contributed by atoms with Gasteiger partial charge in [0.1, 0.15) is 6.04 Å². The zero-order chi connectivity index (χ0) is 19.8. The Balaban J connectivity index is 1.81. The lowest BCUT2D eigenvalue weighted by Crippen LogP contribution is -2.57. The second-order valence-corrected chi connectivity index (χ2v) is 9.50. The Hall–Kier alpha value is -2.10. The van der Waals surface area contributed by atoms with Gasteiger partial charge in [-0.1, -0.05) is 71.0 Å². The van der Waals surface area contributed by atoms with Crippen LogP contribution in [0.5, 0.6) is 0 Å². The summed E-state index contributed by atoms with van der Waals surface area (Å²) in [6, 6.07) is 9.87. The molecular formula is C23H32N2O2. The molecule has 0 spiro atoms. The molecule has 1 aliphatic carbocycles. The Morgan fingerprint density at radius 2 is 1.93 bits per heavy atom. The lowest BCUT2D eigenvalue weighted by Gasteiger charge is -2.38. The fourth-order valence-corrected chi connectivity index (χ4v) is 3.98. The normalized spacial score (nSPS) is 27.0. The van der Waals surface area contributed by atoms with E-state index in [1.807, 2.05) is 23.1 Å². The second kappa shape index (κ2) is 7.49. The summed E-state index contributed by atoms with van der Waals surface area (Å²) < 4.78 is 0. The van der Waals surface area contributed by atoms with Gasteiger partial charge in [0, 0.05) is 11.6 Å². The molecule has 2 amide bonds. The number of hydrogen-bond donors (Lipinski definition) is 1. The monoisotopic (exact) mass is 368 g/mol. The largest absolute Gasteiger partial charge is 0.326 e. The van der Waals surface area contributed by atoms with Gasteiger partial charge in [-0.05, 0) is 35.7 Å². The molecule has 1 aliphatic heterocycles. The van der Waals surface area contributed by atoms with Crippen molar-refractivity contribution < 1.29 is 9.59 Å². The SMILES string of the molecule is CC(C)C[C@H]1C(=O)N/C(=C/C(C)(C)C)CN1C(=O)[C@@H]1C[C@H]1c1ccccc1. The van der Waals surface area contributed by atoms with Crippen LogP contribution in [-0.2, 0) is 9.59 Å². The minimum absolute atomic E-state index is 0.00356. The maximum atomic E-state index is 13.3. The quantitative estimate of drug-likeness (QED) is 0.870. The molecule has 1 N–H and O–H groups in total. The van der Waals surface area contributed by atoms with Crippen LogP contribution in [0.2, 0.25) is 0 Å². The van der Waals surface area contributed by atoms with Gasteiger partial charge in [0.2, 0.25) is 11.8 Å². The summed E-state index contributed by atoms with van der Waals surface area (Å²) in [6.07, 6.45) is 3.65. The summed E-state index contributed by atoms with van der Waals surface area (Å²) in [5.74, 6) is 0.732. The predicted octanol–water partition coefficient (Wildman–Crippen LogP) is 4.09. The molecule has 4 nitrogen and oxygen atoms in total. The first-order valence-corrected chi connectivity index (χ1v) is 10.0. The average molecular weight is 369 g/mol. The molecule has 1 saturated carbocycles. The van der Waals surface area contributed by atoms with Crippen LogP contribution in [0.25, 0.3) is 0 Å². The molecule has 2 fully saturated rings. The Morgan fingerprint density at radius 3 is 2.52 bits per heavy atom. The first kappa shape index (κ1) is 19.7. The summed E-state index contributed by atoms with van der Waals surface area (Å²) in [6.45, 7) is 11.0. The average Bonchev–Trinajstić information content (AvgIpc) is 3.36. The number of rotatable bonds is 4. The van der Waals surface area contributed by atoms with E-state index in [1.54, 1.807) is 0 Å². The molecular weight excluding hydrogens is 336 g/mol. The van der Waals surface area contributed by atoms with Gasteiger partial charge in [0.15, 0.2) is 0 Å². The molecule has 0 unspecified atom stereocenters.